The number of nitrogens with zero attached hydrogens (tertiary/aromatic N) is 2. The topological polar surface area (TPSA) is 58.1 Å². The molecule has 2 rings (SSSR count). The number of nitrogens with one attached hydrogen (secondary N) is 2. The molecule has 1 aliphatic heterocycles. The molecule has 9 heteroatoms. The van der Waals surface area contributed by atoms with Gasteiger partial charge >= 0.3 is 6.61 Å². The van der Waals surface area contributed by atoms with E-state index < -0.39 is 6.61 Å². The van der Waals surface area contributed by atoms with E-state index in [4.69, 9.17) is 9.73 Å². The van der Waals surface area contributed by atoms with Gasteiger partial charge in [-0.1, -0.05) is 13.0 Å². The SMILES string of the molecule is CCNC(=NCC1CCCN1CC)NCCc1ccc(OC)c(OC(F)F)c1.I. The van der Waals surface area contributed by atoms with Gasteiger partial charge in [0.2, 0.25) is 0 Å². The first-order chi connectivity index (χ1) is 13.6. The lowest BCUT2D eigenvalue weighted by Gasteiger charge is -2.21. The molecule has 1 unspecified atom stereocenters. The Morgan fingerprint density at radius 2 is 2.07 bits per heavy atom. The Hall–Kier alpha value is -1.36. The predicted octanol–water partition coefficient (Wildman–Crippen LogP) is 3.50. The normalized spacial score (nSPS) is 17.2. The zero-order valence-electron chi connectivity index (χ0n) is 17.4. The predicted molar refractivity (Wildman–Crippen MR) is 123 cm³/mol. The van der Waals surface area contributed by atoms with Crippen LogP contribution in [0.5, 0.6) is 11.5 Å². The minimum atomic E-state index is -2.88. The third-order valence-electron chi connectivity index (χ3n) is 4.86. The van der Waals surface area contributed by atoms with Crippen molar-refractivity contribution in [2.24, 2.45) is 4.99 Å². The number of hydrogen-bond acceptors (Lipinski definition) is 4. The average molecular weight is 526 g/mol. The average Bonchev–Trinajstić information content (AvgIpc) is 3.13. The highest BCUT2D eigenvalue weighted by Gasteiger charge is 2.22. The molecular formula is C20H33F2IN4O2. The van der Waals surface area contributed by atoms with E-state index in [1.165, 1.54) is 20.0 Å². The lowest BCUT2D eigenvalue weighted by Crippen LogP contribution is -2.40. The summed E-state index contributed by atoms with van der Waals surface area (Å²) in [4.78, 5) is 7.19. The third-order valence-corrected chi connectivity index (χ3v) is 4.86. The number of benzene rings is 1. The molecule has 6 nitrogen and oxygen atoms in total. The molecule has 0 aliphatic carbocycles. The standard InChI is InChI=1S/C20H32F2N4O2.HI/c1-4-23-20(25-14-16-7-6-12-26(16)5-2)24-11-10-15-8-9-17(27-3)18(13-15)28-19(21)22;/h8-9,13,16,19H,4-7,10-12,14H2,1-3H3,(H2,23,24,25);1H. The van der Waals surface area contributed by atoms with E-state index in [1.54, 1.807) is 12.1 Å². The van der Waals surface area contributed by atoms with Crippen molar-refractivity contribution in [3.8, 4) is 11.5 Å². The fourth-order valence-corrected chi connectivity index (χ4v) is 3.45. The maximum Gasteiger partial charge on any atom is 0.387 e. The molecule has 1 aliphatic rings. The number of alkyl halides is 2. The lowest BCUT2D eigenvalue weighted by molar-refractivity contribution is -0.0512. The van der Waals surface area contributed by atoms with Crippen molar-refractivity contribution in [3.05, 3.63) is 23.8 Å². The van der Waals surface area contributed by atoms with Gasteiger partial charge in [-0.05, 0) is 57.0 Å². The van der Waals surface area contributed by atoms with Gasteiger partial charge in [-0.15, -0.1) is 24.0 Å². The zero-order chi connectivity index (χ0) is 20.4. The van der Waals surface area contributed by atoms with Crippen LogP contribution in [0.25, 0.3) is 0 Å². The quantitative estimate of drug-likeness (QED) is 0.278. The molecule has 1 saturated heterocycles. The van der Waals surface area contributed by atoms with E-state index in [0.29, 0.717) is 24.8 Å². The van der Waals surface area contributed by atoms with Gasteiger partial charge in [0, 0.05) is 19.1 Å². The second kappa shape index (κ2) is 13.8. The monoisotopic (exact) mass is 526 g/mol. The van der Waals surface area contributed by atoms with Gasteiger partial charge in [0.15, 0.2) is 17.5 Å². The minimum absolute atomic E-state index is 0. The summed E-state index contributed by atoms with van der Waals surface area (Å²) in [7, 11) is 1.43. The van der Waals surface area contributed by atoms with Crippen molar-refractivity contribution < 1.29 is 18.3 Å². The molecule has 0 spiro atoms. The summed E-state index contributed by atoms with van der Waals surface area (Å²) in [6.07, 6.45) is 3.08. The van der Waals surface area contributed by atoms with Crippen LogP contribution in [0.15, 0.2) is 23.2 Å². The molecule has 1 aromatic rings. The van der Waals surface area contributed by atoms with Crippen LogP contribution >= 0.6 is 24.0 Å². The van der Waals surface area contributed by atoms with E-state index in [1.807, 2.05) is 13.0 Å². The summed E-state index contributed by atoms with van der Waals surface area (Å²) in [5, 5.41) is 6.57. The molecule has 0 saturated carbocycles. The van der Waals surface area contributed by atoms with E-state index >= 15 is 0 Å². The van der Waals surface area contributed by atoms with Gasteiger partial charge in [0.1, 0.15) is 0 Å². The van der Waals surface area contributed by atoms with Crippen molar-refractivity contribution in [3.63, 3.8) is 0 Å². The summed E-state index contributed by atoms with van der Waals surface area (Å²) in [5.41, 5.74) is 0.882. The highest BCUT2D eigenvalue weighted by molar-refractivity contribution is 14.0. The molecule has 1 atom stereocenters. The number of ether oxygens (including phenoxy) is 2. The van der Waals surface area contributed by atoms with Gasteiger partial charge in [-0.2, -0.15) is 8.78 Å². The number of aliphatic imine (C=N–C) groups is 1. The number of likely N-dealkylation sites (tertiary alicyclic amines) is 1. The van der Waals surface area contributed by atoms with Crippen LogP contribution in [0.1, 0.15) is 32.3 Å². The van der Waals surface area contributed by atoms with Crippen molar-refractivity contribution in [1.29, 1.82) is 0 Å². The summed E-state index contributed by atoms with van der Waals surface area (Å²) in [6, 6.07) is 5.59. The first-order valence-electron chi connectivity index (χ1n) is 9.95. The fourth-order valence-electron chi connectivity index (χ4n) is 3.45. The number of guanidine groups is 1. The summed E-state index contributed by atoms with van der Waals surface area (Å²) >= 11 is 0. The fraction of sp³-hybridized carbons (Fsp3) is 0.650. The second-order valence-corrected chi connectivity index (χ2v) is 6.68. The Morgan fingerprint density at radius 1 is 1.28 bits per heavy atom. The molecule has 1 heterocycles. The maximum absolute atomic E-state index is 12.6. The first kappa shape index (κ1) is 25.7. The molecule has 0 radical (unpaired) electrons. The van der Waals surface area contributed by atoms with Crippen LogP contribution in [0.3, 0.4) is 0 Å². The second-order valence-electron chi connectivity index (χ2n) is 6.68. The lowest BCUT2D eigenvalue weighted by atomic mass is 10.1. The summed E-state index contributed by atoms with van der Waals surface area (Å²) < 4.78 is 34.7. The molecule has 166 valence electrons. The Labute approximate surface area is 189 Å². The van der Waals surface area contributed by atoms with E-state index in [9.17, 15) is 8.78 Å². The summed E-state index contributed by atoms with van der Waals surface area (Å²) in [5.74, 6) is 1.13. The molecule has 1 fully saturated rings. The number of rotatable bonds is 10. The van der Waals surface area contributed by atoms with Gasteiger partial charge in [0.05, 0.1) is 13.7 Å². The highest BCUT2D eigenvalue weighted by atomic mass is 127. The van der Waals surface area contributed by atoms with Crippen molar-refractivity contribution in [2.45, 2.75) is 45.8 Å². The van der Waals surface area contributed by atoms with Gasteiger partial charge < -0.3 is 20.1 Å². The van der Waals surface area contributed by atoms with Gasteiger partial charge in [0.25, 0.3) is 0 Å². The summed E-state index contributed by atoms with van der Waals surface area (Å²) in [6.45, 7) is 5.74. The molecule has 1 aromatic carbocycles. The molecule has 2 N–H and O–H groups in total. The Bertz CT molecular complexity index is 634. The van der Waals surface area contributed by atoms with E-state index in [-0.39, 0.29) is 29.7 Å². The minimum Gasteiger partial charge on any atom is -0.493 e. The van der Waals surface area contributed by atoms with Gasteiger partial charge in [-0.25, -0.2) is 0 Å². The van der Waals surface area contributed by atoms with Crippen LogP contribution < -0.4 is 20.1 Å². The number of likely N-dealkylation sites (N-methyl/N-ethyl adjacent to an activating group) is 1. The Morgan fingerprint density at radius 3 is 2.72 bits per heavy atom. The Kier molecular flexibility index (Phi) is 12.2. The zero-order valence-corrected chi connectivity index (χ0v) is 19.7. The van der Waals surface area contributed by atoms with Crippen molar-refractivity contribution in [1.82, 2.24) is 15.5 Å². The highest BCUT2D eigenvalue weighted by Crippen LogP contribution is 2.29. The smallest absolute Gasteiger partial charge is 0.387 e. The van der Waals surface area contributed by atoms with E-state index in [0.717, 1.165) is 37.7 Å². The largest absolute Gasteiger partial charge is 0.493 e. The van der Waals surface area contributed by atoms with Crippen LogP contribution in [0.2, 0.25) is 0 Å². The Balaban J connectivity index is 0.00000420. The van der Waals surface area contributed by atoms with E-state index in [2.05, 4.69) is 27.2 Å². The number of methoxy groups -OCH3 is 1. The van der Waals surface area contributed by atoms with Crippen LogP contribution in [-0.2, 0) is 6.42 Å². The number of halogens is 3. The molecule has 0 amide bonds. The van der Waals surface area contributed by atoms with Crippen LogP contribution in [0.4, 0.5) is 8.78 Å². The van der Waals surface area contributed by atoms with Crippen LogP contribution in [0, 0.1) is 0 Å². The van der Waals surface area contributed by atoms with Crippen molar-refractivity contribution >= 4 is 29.9 Å². The first-order valence-corrected chi connectivity index (χ1v) is 9.95. The van der Waals surface area contributed by atoms with Crippen LogP contribution in [-0.4, -0.2) is 63.3 Å². The third kappa shape index (κ3) is 8.49. The maximum atomic E-state index is 12.6. The number of hydrogen-bond donors (Lipinski definition) is 2. The molecule has 0 bridgehead atoms. The molecular weight excluding hydrogens is 493 g/mol. The van der Waals surface area contributed by atoms with Crippen molar-refractivity contribution in [2.75, 3.05) is 39.8 Å². The molecule has 0 aromatic heterocycles. The molecule has 29 heavy (non-hydrogen) atoms. The van der Waals surface area contributed by atoms with Gasteiger partial charge in [-0.3, -0.25) is 9.89 Å².